The van der Waals surface area contributed by atoms with Gasteiger partial charge in [0.05, 0.1) is 17.6 Å². The van der Waals surface area contributed by atoms with E-state index in [1.54, 1.807) is 0 Å². The third-order valence-corrected chi connectivity index (χ3v) is 6.35. The SMILES string of the molecule is CCC(=O)c1ccc(-c2cn3c(-c4ccc(C(=O)NC5CC5)cc4)cnc3c(NCC(C)C)n2)cc1. The number of nitrogens with zero attached hydrogens (tertiary/aromatic N) is 3. The number of nitrogens with one attached hydrogen (secondary N) is 2. The Labute approximate surface area is 211 Å². The van der Waals surface area contributed by atoms with Crippen molar-refractivity contribution in [3.05, 3.63) is 72.1 Å². The second kappa shape index (κ2) is 9.93. The van der Waals surface area contributed by atoms with Gasteiger partial charge in [-0.1, -0.05) is 57.2 Å². The molecule has 1 fully saturated rings. The number of aromatic nitrogens is 3. The standard InChI is InChI=1S/C29H31N5O2/c1-4-26(35)21-9-5-19(6-10-21)24-17-34-25(16-31-28(34)27(33-24)30-15-18(2)3)20-7-11-22(12-8-20)29(36)32-23-13-14-23/h5-12,16-18,23H,4,13-15H2,1-3H3,(H,30,33)(H,32,36). The summed E-state index contributed by atoms with van der Waals surface area (Å²) in [6.07, 6.45) is 6.41. The first-order valence-electron chi connectivity index (χ1n) is 12.6. The van der Waals surface area contributed by atoms with Gasteiger partial charge in [0.2, 0.25) is 0 Å². The maximum atomic E-state index is 12.4. The van der Waals surface area contributed by atoms with Gasteiger partial charge in [0.25, 0.3) is 5.91 Å². The van der Waals surface area contributed by atoms with E-state index in [1.165, 1.54) is 0 Å². The molecule has 2 aromatic carbocycles. The van der Waals surface area contributed by atoms with Gasteiger partial charge in [-0.25, -0.2) is 9.97 Å². The second-order valence-corrected chi connectivity index (χ2v) is 9.77. The van der Waals surface area contributed by atoms with Crippen LogP contribution in [0.5, 0.6) is 0 Å². The van der Waals surface area contributed by atoms with Crippen molar-refractivity contribution in [1.82, 2.24) is 19.7 Å². The van der Waals surface area contributed by atoms with Crippen LogP contribution in [-0.4, -0.2) is 38.6 Å². The average Bonchev–Trinajstić information content (AvgIpc) is 3.61. The minimum atomic E-state index is -0.0288. The molecule has 184 valence electrons. The summed E-state index contributed by atoms with van der Waals surface area (Å²) >= 11 is 0. The maximum Gasteiger partial charge on any atom is 0.251 e. The van der Waals surface area contributed by atoms with E-state index in [2.05, 4.69) is 29.5 Å². The van der Waals surface area contributed by atoms with Crippen LogP contribution < -0.4 is 10.6 Å². The molecule has 4 aromatic rings. The molecule has 2 N–H and O–H groups in total. The Hall–Kier alpha value is -4.00. The van der Waals surface area contributed by atoms with Crippen LogP contribution >= 0.6 is 0 Å². The van der Waals surface area contributed by atoms with Crippen molar-refractivity contribution in [2.45, 2.75) is 46.1 Å². The van der Waals surface area contributed by atoms with Gasteiger partial charge < -0.3 is 10.6 Å². The predicted molar refractivity (Wildman–Crippen MR) is 142 cm³/mol. The highest BCUT2D eigenvalue weighted by atomic mass is 16.1. The molecule has 0 radical (unpaired) electrons. The summed E-state index contributed by atoms with van der Waals surface area (Å²) < 4.78 is 2.04. The summed E-state index contributed by atoms with van der Waals surface area (Å²) in [7, 11) is 0. The lowest BCUT2D eigenvalue weighted by Crippen LogP contribution is -2.25. The molecule has 0 spiro atoms. The number of amides is 1. The molecule has 2 heterocycles. The fraction of sp³-hybridized carbons (Fsp3) is 0.310. The number of hydrogen-bond acceptors (Lipinski definition) is 5. The van der Waals surface area contributed by atoms with E-state index >= 15 is 0 Å². The normalized spacial score (nSPS) is 13.2. The molecule has 2 aromatic heterocycles. The minimum Gasteiger partial charge on any atom is -0.367 e. The first-order valence-corrected chi connectivity index (χ1v) is 12.6. The van der Waals surface area contributed by atoms with E-state index in [9.17, 15) is 9.59 Å². The zero-order valence-electron chi connectivity index (χ0n) is 20.9. The topological polar surface area (TPSA) is 88.4 Å². The second-order valence-electron chi connectivity index (χ2n) is 9.77. The van der Waals surface area contributed by atoms with Crippen LogP contribution in [0.2, 0.25) is 0 Å². The van der Waals surface area contributed by atoms with Gasteiger partial charge in [-0.05, 0) is 30.9 Å². The molecule has 0 unspecified atom stereocenters. The van der Waals surface area contributed by atoms with Crippen LogP contribution in [0.25, 0.3) is 28.2 Å². The monoisotopic (exact) mass is 481 g/mol. The number of hydrogen-bond donors (Lipinski definition) is 2. The highest BCUT2D eigenvalue weighted by Gasteiger charge is 2.24. The van der Waals surface area contributed by atoms with Gasteiger partial charge in [-0.15, -0.1) is 0 Å². The zero-order valence-corrected chi connectivity index (χ0v) is 20.9. The minimum absolute atomic E-state index is 0.0288. The van der Waals surface area contributed by atoms with Crippen molar-refractivity contribution in [1.29, 1.82) is 0 Å². The van der Waals surface area contributed by atoms with E-state index in [0.717, 1.165) is 47.5 Å². The number of ketones is 1. The number of anilines is 1. The fourth-order valence-corrected chi connectivity index (χ4v) is 4.08. The predicted octanol–water partition coefficient (Wildman–Crippen LogP) is 5.62. The Morgan fingerprint density at radius 3 is 2.31 bits per heavy atom. The Bertz CT molecular complexity index is 1400. The molecule has 0 atom stereocenters. The molecule has 1 amide bonds. The molecule has 1 aliphatic rings. The fourth-order valence-electron chi connectivity index (χ4n) is 4.08. The summed E-state index contributed by atoms with van der Waals surface area (Å²) in [6.45, 7) is 6.93. The molecule has 0 saturated heterocycles. The summed E-state index contributed by atoms with van der Waals surface area (Å²) in [5, 5.41) is 6.48. The maximum absolute atomic E-state index is 12.4. The lowest BCUT2D eigenvalue weighted by atomic mass is 10.1. The van der Waals surface area contributed by atoms with Gasteiger partial charge in [-0.3, -0.25) is 14.0 Å². The van der Waals surface area contributed by atoms with Crippen molar-refractivity contribution in [3.63, 3.8) is 0 Å². The van der Waals surface area contributed by atoms with Crippen LogP contribution in [0.1, 0.15) is 60.7 Å². The van der Waals surface area contributed by atoms with Crippen molar-refractivity contribution in [2.24, 2.45) is 5.92 Å². The summed E-state index contributed by atoms with van der Waals surface area (Å²) in [6, 6.07) is 15.5. The van der Waals surface area contributed by atoms with E-state index in [1.807, 2.05) is 72.2 Å². The Kier molecular flexibility index (Phi) is 6.55. The number of carbonyl (C=O) groups is 2. The van der Waals surface area contributed by atoms with Crippen molar-refractivity contribution < 1.29 is 9.59 Å². The molecular weight excluding hydrogens is 450 g/mol. The Balaban J connectivity index is 1.53. The number of benzene rings is 2. The molecule has 7 heteroatoms. The number of carbonyl (C=O) groups excluding carboxylic acids is 2. The molecule has 5 rings (SSSR count). The highest BCUT2D eigenvalue weighted by molar-refractivity contribution is 5.96. The van der Waals surface area contributed by atoms with Crippen LogP contribution in [0.4, 0.5) is 5.82 Å². The van der Waals surface area contributed by atoms with Crippen LogP contribution in [0.15, 0.2) is 60.9 Å². The largest absolute Gasteiger partial charge is 0.367 e. The number of imidazole rings is 1. The van der Waals surface area contributed by atoms with E-state index in [0.29, 0.717) is 35.3 Å². The quantitative estimate of drug-likeness (QED) is 0.303. The van der Waals surface area contributed by atoms with Gasteiger partial charge in [-0.2, -0.15) is 0 Å². The molecule has 0 aliphatic heterocycles. The van der Waals surface area contributed by atoms with E-state index < -0.39 is 0 Å². The average molecular weight is 482 g/mol. The molecule has 0 bridgehead atoms. The molecule has 1 saturated carbocycles. The Morgan fingerprint density at radius 1 is 1.00 bits per heavy atom. The molecule has 36 heavy (non-hydrogen) atoms. The van der Waals surface area contributed by atoms with Gasteiger partial charge in [0.15, 0.2) is 17.2 Å². The zero-order chi connectivity index (χ0) is 25.2. The van der Waals surface area contributed by atoms with Crippen molar-refractivity contribution >= 4 is 23.2 Å². The lowest BCUT2D eigenvalue weighted by molar-refractivity contribution is 0.0949. The highest BCUT2D eigenvalue weighted by Crippen LogP contribution is 2.28. The number of fused-ring (bicyclic) bond motifs is 1. The first-order chi connectivity index (χ1) is 17.4. The van der Waals surface area contributed by atoms with Gasteiger partial charge >= 0.3 is 0 Å². The summed E-state index contributed by atoms with van der Waals surface area (Å²) in [5.41, 5.74) is 5.67. The molecular formula is C29H31N5O2. The van der Waals surface area contributed by atoms with Crippen LogP contribution in [0, 0.1) is 5.92 Å². The summed E-state index contributed by atoms with van der Waals surface area (Å²) in [4.78, 5) is 34.0. The third-order valence-electron chi connectivity index (χ3n) is 6.35. The van der Waals surface area contributed by atoms with Gasteiger partial charge in [0.1, 0.15) is 0 Å². The Morgan fingerprint density at radius 2 is 1.67 bits per heavy atom. The smallest absolute Gasteiger partial charge is 0.251 e. The number of rotatable bonds is 9. The van der Waals surface area contributed by atoms with Gasteiger partial charge in [0, 0.05) is 47.5 Å². The lowest BCUT2D eigenvalue weighted by Gasteiger charge is -2.13. The molecule has 7 nitrogen and oxygen atoms in total. The number of Topliss-reactive ketones (excluding diaryl/α,β-unsaturated/α-hetero) is 1. The van der Waals surface area contributed by atoms with Crippen molar-refractivity contribution in [2.75, 3.05) is 11.9 Å². The van der Waals surface area contributed by atoms with Crippen LogP contribution in [-0.2, 0) is 0 Å². The third kappa shape index (κ3) is 5.00. The van der Waals surface area contributed by atoms with Crippen molar-refractivity contribution in [3.8, 4) is 22.5 Å². The van der Waals surface area contributed by atoms with Crippen LogP contribution in [0.3, 0.4) is 0 Å². The summed E-state index contributed by atoms with van der Waals surface area (Å²) in [5.74, 6) is 1.24. The molecule has 1 aliphatic carbocycles. The van der Waals surface area contributed by atoms with E-state index in [4.69, 9.17) is 4.98 Å². The van der Waals surface area contributed by atoms with E-state index in [-0.39, 0.29) is 11.7 Å². The first kappa shape index (κ1) is 23.7.